The normalized spacial score (nSPS) is 11.5. The number of aryl methyl sites for hydroxylation is 1. The van der Waals surface area contributed by atoms with E-state index in [1.807, 2.05) is 6.92 Å². The van der Waals surface area contributed by atoms with Gasteiger partial charge in [0.05, 0.1) is 4.90 Å². The zero-order valence-electron chi connectivity index (χ0n) is 11.3. The molecule has 0 aliphatic rings. The van der Waals surface area contributed by atoms with Crippen LogP contribution in [0, 0.1) is 13.3 Å². The summed E-state index contributed by atoms with van der Waals surface area (Å²) in [5.74, 6) is -0.472. The van der Waals surface area contributed by atoms with E-state index in [0.717, 1.165) is 9.54 Å². The van der Waals surface area contributed by atoms with Crippen molar-refractivity contribution in [1.29, 1.82) is 0 Å². The molecule has 5 nitrogen and oxygen atoms in total. The van der Waals surface area contributed by atoms with Crippen molar-refractivity contribution in [2.24, 2.45) is 5.73 Å². The smallest absolute Gasteiger partial charge is 0.268 e. The van der Waals surface area contributed by atoms with Crippen LogP contribution in [0.15, 0.2) is 46.0 Å². The third-order valence-electron chi connectivity index (χ3n) is 2.88. The van der Waals surface area contributed by atoms with Crippen LogP contribution >= 0.6 is 15.9 Å². The van der Waals surface area contributed by atoms with E-state index in [1.165, 1.54) is 6.20 Å². The summed E-state index contributed by atoms with van der Waals surface area (Å²) in [4.78, 5) is 11.0. The quantitative estimate of drug-likeness (QED) is 0.876. The molecule has 1 aromatic carbocycles. The van der Waals surface area contributed by atoms with E-state index in [1.54, 1.807) is 36.8 Å². The molecule has 21 heavy (non-hydrogen) atoms. The number of carbonyl (C=O) groups is 1. The number of benzene rings is 1. The second-order valence-electron chi connectivity index (χ2n) is 4.58. The first-order valence-corrected chi connectivity index (χ1v) is 8.35. The largest absolute Gasteiger partial charge is 0.370 e. The molecule has 1 amide bonds. The number of primary amides is 1. The maximum Gasteiger partial charge on any atom is 0.268 e. The Bertz CT molecular complexity index is 764. The van der Waals surface area contributed by atoms with Crippen LogP contribution in [0.25, 0.3) is 0 Å². The van der Waals surface area contributed by atoms with Crippen molar-refractivity contribution < 1.29 is 13.2 Å². The molecule has 2 aromatic rings. The Labute approximate surface area is 131 Å². The average molecular weight is 370 g/mol. The van der Waals surface area contributed by atoms with Gasteiger partial charge in [-0.2, -0.15) is 0 Å². The highest BCUT2D eigenvalue weighted by atomic mass is 79.9. The van der Waals surface area contributed by atoms with Crippen LogP contribution in [0.5, 0.6) is 0 Å². The number of rotatable bonds is 5. The maximum absolute atomic E-state index is 12.5. The molecular formula is C14H14BrN2O3S. The van der Waals surface area contributed by atoms with Crippen molar-refractivity contribution in [3.05, 3.63) is 58.7 Å². The Morgan fingerprint density at radius 3 is 2.52 bits per heavy atom. The summed E-state index contributed by atoms with van der Waals surface area (Å²) in [7, 11) is -3.67. The Morgan fingerprint density at radius 1 is 1.33 bits per heavy atom. The molecule has 7 heteroatoms. The van der Waals surface area contributed by atoms with Gasteiger partial charge < -0.3 is 5.73 Å². The van der Waals surface area contributed by atoms with Crippen molar-refractivity contribution in [1.82, 2.24) is 3.97 Å². The molecule has 2 N–H and O–H groups in total. The van der Waals surface area contributed by atoms with E-state index < -0.39 is 15.9 Å². The number of hydrogen-bond acceptors (Lipinski definition) is 3. The van der Waals surface area contributed by atoms with Crippen molar-refractivity contribution in [3.8, 4) is 0 Å². The van der Waals surface area contributed by atoms with Crippen molar-refractivity contribution in [3.63, 3.8) is 0 Å². The fourth-order valence-electron chi connectivity index (χ4n) is 1.77. The van der Waals surface area contributed by atoms with E-state index in [0.29, 0.717) is 10.2 Å². The van der Waals surface area contributed by atoms with E-state index in [2.05, 4.69) is 15.9 Å². The van der Waals surface area contributed by atoms with Crippen molar-refractivity contribution in [2.45, 2.75) is 18.2 Å². The molecule has 0 unspecified atom stereocenters. The standard InChI is InChI=1S/C14H14BrN2O3S/c1-10-2-5-12(6-3-10)21(19,20)17-9-11(8-13(17)15)4-7-14(16)18/h2-6,8-9H,7H2,1H3,(H2,16,18). The molecule has 0 atom stereocenters. The fraction of sp³-hybridized carbons (Fsp3) is 0.143. The van der Waals surface area contributed by atoms with Gasteiger partial charge in [-0.3, -0.25) is 4.79 Å². The summed E-state index contributed by atoms with van der Waals surface area (Å²) in [6.45, 7) is 1.89. The van der Waals surface area contributed by atoms with Crippen LogP contribution in [0.1, 0.15) is 17.5 Å². The van der Waals surface area contributed by atoms with E-state index in [-0.39, 0.29) is 11.3 Å². The van der Waals surface area contributed by atoms with Crippen LogP contribution < -0.4 is 5.73 Å². The molecule has 0 saturated carbocycles. The molecule has 111 valence electrons. The van der Waals surface area contributed by atoms with Gasteiger partial charge in [-0.05, 0) is 46.6 Å². The summed E-state index contributed by atoms with van der Waals surface area (Å²) < 4.78 is 26.6. The van der Waals surface area contributed by atoms with Crippen LogP contribution in [0.2, 0.25) is 0 Å². The lowest BCUT2D eigenvalue weighted by atomic mass is 10.2. The maximum atomic E-state index is 12.5. The van der Waals surface area contributed by atoms with Gasteiger partial charge in [-0.15, -0.1) is 0 Å². The van der Waals surface area contributed by atoms with E-state index in [9.17, 15) is 13.2 Å². The number of carbonyl (C=O) groups excluding carboxylic acids is 1. The highest BCUT2D eigenvalue weighted by Crippen LogP contribution is 2.24. The SMILES string of the molecule is Cc1ccc(S(=O)(=O)n2cc([CH]CC(N)=O)cc2Br)cc1. The van der Waals surface area contributed by atoms with Crippen LogP contribution in [-0.4, -0.2) is 18.3 Å². The van der Waals surface area contributed by atoms with Gasteiger partial charge in [-0.25, -0.2) is 12.4 Å². The lowest BCUT2D eigenvalue weighted by Gasteiger charge is -2.07. The van der Waals surface area contributed by atoms with Crippen molar-refractivity contribution >= 4 is 31.9 Å². The Hall–Kier alpha value is -1.60. The molecule has 2 rings (SSSR count). The zero-order chi connectivity index (χ0) is 15.6. The van der Waals surface area contributed by atoms with Crippen LogP contribution in [0.3, 0.4) is 0 Å². The summed E-state index contributed by atoms with van der Waals surface area (Å²) >= 11 is 3.22. The van der Waals surface area contributed by atoms with Gasteiger partial charge in [0.25, 0.3) is 10.0 Å². The molecule has 0 spiro atoms. The highest BCUT2D eigenvalue weighted by molar-refractivity contribution is 9.10. The predicted octanol–water partition coefficient (Wildman–Crippen LogP) is 2.22. The summed E-state index contributed by atoms with van der Waals surface area (Å²) in [5, 5.41) is 0. The molecule has 1 heterocycles. The molecule has 0 bridgehead atoms. The topological polar surface area (TPSA) is 82.2 Å². The van der Waals surface area contributed by atoms with E-state index in [4.69, 9.17) is 5.73 Å². The Morgan fingerprint density at radius 2 is 1.95 bits per heavy atom. The third kappa shape index (κ3) is 3.54. The second kappa shape index (κ2) is 6.03. The third-order valence-corrected chi connectivity index (χ3v) is 5.41. The van der Waals surface area contributed by atoms with E-state index >= 15 is 0 Å². The van der Waals surface area contributed by atoms with Crippen molar-refractivity contribution in [2.75, 3.05) is 0 Å². The molecular weight excluding hydrogens is 356 g/mol. The van der Waals surface area contributed by atoms with Gasteiger partial charge in [-0.1, -0.05) is 17.7 Å². The number of hydrogen-bond donors (Lipinski definition) is 1. The molecule has 0 saturated heterocycles. The lowest BCUT2D eigenvalue weighted by Crippen LogP contribution is -2.12. The second-order valence-corrected chi connectivity index (χ2v) is 7.21. The van der Waals surface area contributed by atoms with Gasteiger partial charge in [0.1, 0.15) is 4.60 Å². The Kier molecular flexibility index (Phi) is 4.53. The molecule has 1 radical (unpaired) electrons. The molecule has 0 aliphatic carbocycles. The lowest BCUT2D eigenvalue weighted by molar-refractivity contribution is -0.117. The summed E-state index contributed by atoms with van der Waals surface area (Å²) in [5.41, 5.74) is 6.66. The number of nitrogens with zero attached hydrogens (tertiary/aromatic N) is 1. The van der Waals surface area contributed by atoms with Gasteiger partial charge >= 0.3 is 0 Å². The van der Waals surface area contributed by atoms with Crippen LogP contribution in [-0.2, 0) is 14.8 Å². The van der Waals surface area contributed by atoms with Gasteiger partial charge in [0, 0.05) is 19.0 Å². The van der Waals surface area contributed by atoms with Gasteiger partial charge in [0.2, 0.25) is 5.91 Å². The number of amides is 1. The number of nitrogens with two attached hydrogens (primary N) is 1. The monoisotopic (exact) mass is 369 g/mol. The minimum Gasteiger partial charge on any atom is -0.370 e. The average Bonchev–Trinajstić information content (AvgIpc) is 2.79. The van der Waals surface area contributed by atoms with Gasteiger partial charge in [0.15, 0.2) is 0 Å². The first kappa shape index (κ1) is 15.8. The minimum atomic E-state index is -3.67. The summed E-state index contributed by atoms with van der Waals surface area (Å²) in [6, 6.07) is 8.22. The minimum absolute atomic E-state index is 0.0566. The molecule has 1 aromatic heterocycles. The number of aromatic nitrogens is 1. The fourth-order valence-corrected chi connectivity index (χ4v) is 3.96. The first-order chi connectivity index (χ1) is 9.80. The first-order valence-electron chi connectivity index (χ1n) is 6.12. The van der Waals surface area contributed by atoms with Crippen LogP contribution in [0.4, 0.5) is 0 Å². The summed E-state index contributed by atoms with van der Waals surface area (Å²) in [6.07, 6.45) is 3.08. The zero-order valence-corrected chi connectivity index (χ0v) is 13.7. The highest BCUT2D eigenvalue weighted by Gasteiger charge is 2.20. The predicted molar refractivity (Wildman–Crippen MR) is 83.1 cm³/mol. The molecule has 0 aliphatic heterocycles. The Balaban J connectivity index is 2.36. The molecule has 0 fully saturated rings. The number of halogens is 1.